The van der Waals surface area contributed by atoms with E-state index in [-0.39, 0.29) is 19.1 Å². The van der Waals surface area contributed by atoms with Gasteiger partial charge in [0.15, 0.2) is 17.6 Å². The first-order chi connectivity index (χ1) is 14.2. The third-order valence-electron chi connectivity index (χ3n) is 4.42. The van der Waals surface area contributed by atoms with Crippen LogP contribution in [0.1, 0.15) is 39.3 Å². The molecular formula is C22H19NO5S. The Kier molecular flexibility index (Phi) is 5.48. The predicted octanol–water partition coefficient (Wildman–Crippen LogP) is 4.69. The highest BCUT2D eigenvalue weighted by Gasteiger charge is 2.31. The highest BCUT2D eigenvalue weighted by atomic mass is 32.1. The predicted molar refractivity (Wildman–Crippen MR) is 110 cm³/mol. The van der Waals surface area contributed by atoms with Crippen LogP contribution in [0.2, 0.25) is 0 Å². The number of rotatable bonds is 5. The van der Waals surface area contributed by atoms with Crippen LogP contribution in [-0.4, -0.2) is 25.1 Å². The van der Waals surface area contributed by atoms with Gasteiger partial charge in [-0.05, 0) is 31.2 Å². The maximum absolute atomic E-state index is 12.7. The van der Waals surface area contributed by atoms with E-state index in [9.17, 15) is 9.59 Å². The lowest BCUT2D eigenvalue weighted by molar-refractivity contribution is 0.0513. The number of esters is 1. The number of carbonyl (C=O) groups excluding carboxylic acids is 2. The Bertz CT molecular complexity index is 1030. The first kappa shape index (κ1) is 19.0. The Hall–Kier alpha value is -3.32. The van der Waals surface area contributed by atoms with Gasteiger partial charge < -0.3 is 19.5 Å². The van der Waals surface area contributed by atoms with E-state index in [1.54, 1.807) is 36.6 Å². The highest BCUT2D eigenvalue weighted by molar-refractivity contribution is 7.15. The number of benzene rings is 2. The largest absolute Gasteiger partial charge is 0.485 e. The molecule has 0 bridgehead atoms. The summed E-state index contributed by atoms with van der Waals surface area (Å²) in [4.78, 5) is 25.3. The number of amides is 1. The lowest BCUT2D eigenvalue weighted by Crippen LogP contribution is -2.24. The fraction of sp³-hybridized carbons (Fsp3) is 0.182. The van der Waals surface area contributed by atoms with Crippen molar-refractivity contribution < 1.29 is 23.8 Å². The molecule has 0 saturated heterocycles. The van der Waals surface area contributed by atoms with Crippen molar-refractivity contribution in [1.82, 2.24) is 0 Å². The molecule has 1 aliphatic rings. The van der Waals surface area contributed by atoms with Gasteiger partial charge in [0.1, 0.15) is 17.2 Å². The Morgan fingerprint density at radius 2 is 1.83 bits per heavy atom. The molecule has 1 aromatic heterocycles. The Labute approximate surface area is 172 Å². The number of fused-ring (bicyclic) bond motifs is 1. The summed E-state index contributed by atoms with van der Waals surface area (Å²) >= 11 is 1.26. The van der Waals surface area contributed by atoms with E-state index in [1.807, 2.05) is 30.3 Å². The van der Waals surface area contributed by atoms with Gasteiger partial charge in [-0.3, -0.25) is 4.79 Å². The smallest absolute Gasteiger partial charge is 0.341 e. The molecule has 2 aromatic carbocycles. The number of hydrogen-bond donors (Lipinski definition) is 1. The minimum Gasteiger partial charge on any atom is -0.485 e. The van der Waals surface area contributed by atoms with E-state index in [2.05, 4.69) is 5.32 Å². The normalized spacial score (nSPS) is 14.9. The number of hydrogen-bond acceptors (Lipinski definition) is 6. The van der Waals surface area contributed by atoms with Gasteiger partial charge in [-0.25, -0.2) is 4.79 Å². The SMILES string of the molecule is CCOC(=O)c1c([C@@H]2COc3ccccc3O2)csc1NC(=O)c1ccccc1. The number of anilines is 1. The molecule has 2 heterocycles. The van der Waals surface area contributed by atoms with Crippen LogP contribution in [-0.2, 0) is 4.74 Å². The molecule has 29 heavy (non-hydrogen) atoms. The van der Waals surface area contributed by atoms with Crippen LogP contribution in [0.25, 0.3) is 0 Å². The van der Waals surface area contributed by atoms with Crippen molar-refractivity contribution in [3.63, 3.8) is 0 Å². The van der Waals surface area contributed by atoms with Crippen LogP contribution in [0.3, 0.4) is 0 Å². The number of nitrogens with one attached hydrogen (secondary N) is 1. The molecule has 7 heteroatoms. The molecular weight excluding hydrogens is 390 g/mol. The van der Waals surface area contributed by atoms with Crippen molar-refractivity contribution in [3.8, 4) is 11.5 Å². The second-order valence-electron chi connectivity index (χ2n) is 6.30. The average Bonchev–Trinajstić information content (AvgIpc) is 3.17. The molecule has 0 aliphatic carbocycles. The summed E-state index contributed by atoms with van der Waals surface area (Å²) in [5, 5.41) is 5.05. The van der Waals surface area contributed by atoms with Gasteiger partial charge in [0.2, 0.25) is 0 Å². The molecule has 4 rings (SSSR count). The highest BCUT2D eigenvalue weighted by Crippen LogP contribution is 2.40. The second-order valence-corrected chi connectivity index (χ2v) is 7.18. The molecule has 0 unspecified atom stereocenters. The lowest BCUT2D eigenvalue weighted by atomic mass is 10.1. The van der Waals surface area contributed by atoms with Crippen LogP contribution < -0.4 is 14.8 Å². The fourth-order valence-electron chi connectivity index (χ4n) is 3.05. The van der Waals surface area contributed by atoms with Crippen molar-refractivity contribution in [2.75, 3.05) is 18.5 Å². The summed E-state index contributed by atoms with van der Waals surface area (Å²) in [6, 6.07) is 16.2. The van der Waals surface area contributed by atoms with E-state index >= 15 is 0 Å². The average molecular weight is 409 g/mol. The van der Waals surface area contributed by atoms with Crippen LogP contribution >= 0.6 is 11.3 Å². The zero-order valence-corrected chi connectivity index (χ0v) is 16.5. The standard InChI is InChI=1S/C22H19NO5S/c1-2-26-22(25)19-15(18-12-27-16-10-6-7-11-17(16)28-18)13-29-21(19)23-20(24)14-8-4-3-5-9-14/h3-11,13,18H,2,12H2,1H3,(H,23,24)/t18-/m0/s1. The molecule has 0 spiro atoms. The maximum Gasteiger partial charge on any atom is 0.341 e. The van der Waals surface area contributed by atoms with Gasteiger partial charge in [-0.15, -0.1) is 11.3 Å². The summed E-state index contributed by atoms with van der Waals surface area (Å²) in [5.41, 5.74) is 1.43. The molecule has 148 valence electrons. The van der Waals surface area contributed by atoms with E-state index in [1.165, 1.54) is 11.3 Å². The van der Waals surface area contributed by atoms with Crippen LogP contribution in [0.15, 0.2) is 60.0 Å². The van der Waals surface area contributed by atoms with Gasteiger partial charge in [-0.1, -0.05) is 30.3 Å². The summed E-state index contributed by atoms with van der Waals surface area (Å²) < 4.78 is 17.1. The van der Waals surface area contributed by atoms with Gasteiger partial charge in [0.25, 0.3) is 5.91 Å². The molecule has 0 radical (unpaired) electrons. The Balaban J connectivity index is 1.65. The van der Waals surface area contributed by atoms with Crippen LogP contribution in [0.4, 0.5) is 5.00 Å². The van der Waals surface area contributed by atoms with Crippen molar-refractivity contribution in [2.45, 2.75) is 13.0 Å². The number of carbonyl (C=O) groups is 2. The van der Waals surface area contributed by atoms with Crippen molar-refractivity contribution in [2.24, 2.45) is 0 Å². The van der Waals surface area contributed by atoms with Crippen molar-refractivity contribution >= 4 is 28.2 Å². The lowest BCUT2D eigenvalue weighted by Gasteiger charge is -2.26. The van der Waals surface area contributed by atoms with Crippen molar-refractivity contribution in [1.29, 1.82) is 0 Å². The monoisotopic (exact) mass is 409 g/mol. The third kappa shape index (κ3) is 3.95. The summed E-state index contributed by atoms with van der Waals surface area (Å²) in [7, 11) is 0. The van der Waals surface area contributed by atoms with E-state index in [0.29, 0.717) is 33.2 Å². The minimum atomic E-state index is -0.505. The molecule has 0 fully saturated rings. The second kappa shape index (κ2) is 8.36. The molecule has 1 amide bonds. The Morgan fingerprint density at radius 3 is 2.59 bits per heavy atom. The molecule has 1 aliphatic heterocycles. The summed E-state index contributed by atoms with van der Waals surface area (Å²) in [5.74, 6) is 0.471. The number of ether oxygens (including phenoxy) is 3. The molecule has 0 saturated carbocycles. The minimum absolute atomic E-state index is 0.227. The van der Waals surface area contributed by atoms with Crippen LogP contribution in [0, 0.1) is 0 Å². The quantitative estimate of drug-likeness (QED) is 0.619. The molecule has 1 atom stereocenters. The van der Waals surface area contributed by atoms with E-state index in [0.717, 1.165) is 0 Å². The van der Waals surface area contributed by atoms with Crippen LogP contribution in [0.5, 0.6) is 11.5 Å². The Morgan fingerprint density at radius 1 is 1.10 bits per heavy atom. The fourth-order valence-corrected chi connectivity index (χ4v) is 4.04. The van der Waals surface area contributed by atoms with Gasteiger partial charge in [0, 0.05) is 16.5 Å². The number of para-hydroxylation sites is 2. The van der Waals surface area contributed by atoms with Gasteiger partial charge >= 0.3 is 5.97 Å². The maximum atomic E-state index is 12.7. The van der Waals surface area contributed by atoms with E-state index in [4.69, 9.17) is 14.2 Å². The summed E-state index contributed by atoms with van der Waals surface area (Å²) in [6.45, 7) is 2.22. The molecule has 3 aromatic rings. The molecule has 6 nitrogen and oxygen atoms in total. The zero-order valence-electron chi connectivity index (χ0n) is 15.7. The zero-order chi connectivity index (χ0) is 20.2. The first-order valence-corrected chi connectivity index (χ1v) is 10.1. The van der Waals surface area contributed by atoms with Gasteiger partial charge in [0.05, 0.1) is 6.61 Å². The number of thiophene rings is 1. The van der Waals surface area contributed by atoms with Gasteiger partial charge in [-0.2, -0.15) is 0 Å². The first-order valence-electron chi connectivity index (χ1n) is 9.20. The third-order valence-corrected chi connectivity index (χ3v) is 5.33. The van der Waals surface area contributed by atoms with E-state index < -0.39 is 12.1 Å². The van der Waals surface area contributed by atoms with Crippen molar-refractivity contribution in [3.05, 3.63) is 76.7 Å². The summed E-state index contributed by atoms with van der Waals surface area (Å²) in [6.07, 6.45) is -0.483. The molecule has 1 N–H and O–H groups in total. The topological polar surface area (TPSA) is 73.9 Å².